The van der Waals surface area contributed by atoms with E-state index in [4.69, 9.17) is 0 Å². The summed E-state index contributed by atoms with van der Waals surface area (Å²) in [6, 6.07) is 8.65. The van der Waals surface area contributed by atoms with Gasteiger partial charge in [-0.1, -0.05) is 28.1 Å². The molecule has 126 valence electrons. The maximum atomic E-state index is 13.2. The summed E-state index contributed by atoms with van der Waals surface area (Å²) < 4.78 is 32.0. The first kappa shape index (κ1) is 18.1. The predicted octanol–water partition coefficient (Wildman–Crippen LogP) is 3.24. The van der Waals surface area contributed by atoms with E-state index in [9.17, 15) is 18.4 Å². The molecule has 1 amide bonds. The summed E-state index contributed by atoms with van der Waals surface area (Å²) in [5.74, 6) is -3.16. The van der Waals surface area contributed by atoms with Crippen LogP contribution in [0.1, 0.15) is 15.9 Å². The quantitative estimate of drug-likeness (QED) is 0.787. The average Bonchev–Trinajstić information content (AvgIpc) is 2.54. The summed E-state index contributed by atoms with van der Waals surface area (Å²) in [4.78, 5) is 24.1. The molecule has 0 unspecified atom stereocenters. The number of methoxy groups -OCH3 is 1. The minimum atomic E-state index is -0.977. The van der Waals surface area contributed by atoms with Gasteiger partial charge >= 0.3 is 5.97 Å². The SMILES string of the molecule is COC(=O)[C@@H](Cc1ccc(Br)cc1)NC(=O)c1cc(F)cc(F)c1. The second kappa shape index (κ2) is 8.01. The lowest BCUT2D eigenvalue weighted by atomic mass is 10.1. The number of esters is 1. The Morgan fingerprint density at radius 3 is 2.25 bits per heavy atom. The Kier molecular flexibility index (Phi) is 6.03. The molecule has 2 aromatic carbocycles. The van der Waals surface area contributed by atoms with Gasteiger partial charge in [0.15, 0.2) is 0 Å². The number of benzene rings is 2. The van der Waals surface area contributed by atoms with Gasteiger partial charge in [-0.2, -0.15) is 0 Å². The maximum Gasteiger partial charge on any atom is 0.328 e. The highest BCUT2D eigenvalue weighted by molar-refractivity contribution is 9.10. The molecule has 7 heteroatoms. The summed E-state index contributed by atoms with van der Waals surface area (Å²) in [7, 11) is 1.20. The molecule has 0 aliphatic heterocycles. The first-order valence-corrected chi connectivity index (χ1v) is 7.77. The summed E-state index contributed by atoms with van der Waals surface area (Å²) in [5, 5.41) is 2.44. The van der Waals surface area contributed by atoms with Gasteiger partial charge in [-0.25, -0.2) is 13.6 Å². The van der Waals surface area contributed by atoms with Crippen LogP contribution in [0.15, 0.2) is 46.9 Å². The summed E-state index contributed by atoms with van der Waals surface area (Å²) >= 11 is 3.31. The van der Waals surface area contributed by atoms with Crippen molar-refractivity contribution in [1.29, 1.82) is 0 Å². The standard InChI is InChI=1S/C17H14BrF2NO3/c1-24-17(23)15(6-10-2-4-12(18)5-3-10)21-16(22)11-7-13(19)9-14(20)8-11/h2-5,7-9,15H,6H2,1H3,(H,21,22)/t15-/m1/s1. The molecule has 24 heavy (non-hydrogen) atoms. The molecule has 0 bridgehead atoms. The van der Waals surface area contributed by atoms with E-state index in [1.54, 1.807) is 24.3 Å². The van der Waals surface area contributed by atoms with Crippen molar-refractivity contribution in [3.63, 3.8) is 0 Å². The van der Waals surface area contributed by atoms with E-state index in [1.165, 1.54) is 7.11 Å². The van der Waals surface area contributed by atoms with Gasteiger partial charge in [0.1, 0.15) is 17.7 Å². The van der Waals surface area contributed by atoms with E-state index >= 15 is 0 Å². The topological polar surface area (TPSA) is 55.4 Å². The maximum absolute atomic E-state index is 13.2. The zero-order chi connectivity index (χ0) is 17.7. The van der Waals surface area contributed by atoms with Crippen LogP contribution in [0.3, 0.4) is 0 Å². The van der Waals surface area contributed by atoms with E-state index in [2.05, 4.69) is 26.0 Å². The fourth-order valence-electron chi connectivity index (χ4n) is 2.12. The van der Waals surface area contributed by atoms with E-state index in [0.29, 0.717) is 6.07 Å². The molecule has 4 nitrogen and oxygen atoms in total. The zero-order valence-electron chi connectivity index (χ0n) is 12.7. The molecule has 0 heterocycles. The Bertz CT molecular complexity index is 730. The molecule has 0 aliphatic carbocycles. The number of amides is 1. The van der Waals surface area contributed by atoms with E-state index < -0.39 is 29.6 Å². The van der Waals surface area contributed by atoms with Gasteiger partial charge in [-0.05, 0) is 29.8 Å². The van der Waals surface area contributed by atoms with Crippen LogP contribution in [0.2, 0.25) is 0 Å². The van der Waals surface area contributed by atoms with Crippen LogP contribution in [-0.4, -0.2) is 25.0 Å². The van der Waals surface area contributed by atoms with Crippen LogP contribution >= 0.6 is 15.9 Å². The average molecular weight is 398 g/mol. The monoisotopic (exact) mass is 397 g/mol. The first-order chi connectivity index (χ1) is 11.4. The number of halogens is 3. The van der Waals surface area contributed by atoms with Gasteiger partial charge in [0.2, 0.25) is 0 Å². The first-order valence-electron chi connectivity index (χ1n) is 6.98. The van der Waals surface area contributed by atoms with Crippen molar-refractivity contribution in [3.05, 3.63) is 69.7 Å². The Labute approximate surface area is 145 Å². The minimum Gasteiger partial charge on any atom is -0.467 e. The summed E-state index contributed by atoms with van der Waals surface area (Å²) in [5.41, 5.74) is 0.580. The van der Waals surface area contributed by atoms with Crippen LogP contribution in [0.5, 0.6) is 0 Å². The molecule has 0 saturated heterocycles. The van der Waals surface area contributed by atoms with E-state index in [-0.39, 0.29) is 12.0 Å². The molecule has 2 rings (SSSR count). The van der Waals surface area contributed by atoms with E-state index in [0.717, 1.165) is 22.2 Å². The number of nitrogens with one attached hydrogen (secondary N) is 1. The van der Waals surface area contributed by atoms with Gasteiger partial charge < -0.3 is 10.1 Å². The Balaban J connectivity index is 2.17. The number of ether oxygens (including phenoxy) is 1. The highest BCUT2D eigenvalue weighted by Crippen LogP contribution is 2.13. The van der Waals surface area contributed by atoms with Crippen LogP contribution < -0.4 is 5.32 Å². The van der Waals surface area contributed by atoms with Gasteiger partial charge in [0.25, 0.3) is 5.91 Å². The molecule has 0 aromatic heterocycles. The van der Waals surface area contributed by atoms with Crippen molar-refractivity contribution < 1.29 is 23.1 Å². The van der Waals surface area contributed by atoms with Crippen LogP contribution in [0.25, 0.3) is 0 Å². The molecule has 2 aromatic rings. The van der Waals surface area contributed by atoms with Gasteiger partial charge in [0.05, 0.1) is 7.11 Å². The van der Waals surface area contributed by atoms with Crippen LogP contribution in [0.4, 0.5) is 8.78 Å². The molecule has 0 fully saturated rings. The van der Waals surface area contributed by atoms with Crippen molar-refractivity contribution >= 4 is 27.8 Å². The molecule has 0 radical (unpaired) electrons. The smallest absolute Gasteiger partial charge is 0.328 e. The summed E-state index contributed by atoms with van der Waals surface area (Å²) in [6.07, 6.45) is 0.184. The number of hydrogen-bond donors (Lipinski definition) is 1. The van der Waals surface area contributed by atoms with Gasteiger partial charge in [0, 0.05) is 22.5 Å². The zero-order valence-corrected chi connectivity index (χ0v) is 14.3. The van der Waals surface area contributed by atoms with Gasteiger partial charge in [-0.15, -0.1) is 0 Å². The normalized spacial score (nSPS) is 11.7. The Hall–Kier alpha value is -2.28. The highest BCUT2D eigenvalue weighted by Gasteiger charge is 2.23. The minimum absolute atomic E-state index is 0.184. The molecule has 0 saturated carbocycles. The number of rotatable bonds is 5. The second-order valence-electron chi connectivity index (χ2n) is 5.04. The molecular weight excluding hydrogens is 384 g/mol. The second-order valence-corrected chi connectivity index (χ2v) is 5.95. The Morgan fingerprint density at radius 1 is 1.12 bits per heavy atom. The van der Waals surface area contributed by atoms with Crippen molar-refractivity contribution in [2.45, 2.75) is 12.5 Å². The third-order valence-electron chi connectivity index (χ3n) is 3.27. The van der Waals surface area contributed by atoms with Crippen molar-refractivity contribution in [3.8, 4) is 0 Å². The molecular formula is C17H14BrF2NO3. The molecule has 1 atom stereocenters. The number of hydrogen-bond acceptors (Lipinski definition) is 3. The lowest BCUT2D eigenvalue weighted by Gasteiger charge is -2.17. The molecule has 0 aliphatic rings. The van der Waals surface area contributed by atoms with Crippen molar-refractivity contribution in [2.24, 2.45) is 0 Å². The number of carbonyl (C=O) groups is 2. The Morgan fingerprint density at radius 2 is 1.71 bits per heavy atom. The fourth-order valence-corrected chi connectivity index (χ4v) is 2.38. The molecule has 0 spiro atoms. The predicted molar refractivity (Wildman–Crippen MR) is 87.5 cm³/mol. The van der Waals surface area contributed by atoms with Crippen LogP contribution in [0, 0.1) is 11.6 Å². The fraction of sp³-hybridized carbons (Fsp3) is 0.176. The summed E-state index contributed by atoms with van der Waals surface area (Å²) in [6.45, 7) is 0. The third kappa shape index (κ3) is 4.86. The lowest BCUT2D eigenvalue weighted by molar-refractivity contribution is -0.142. The van der Waals surface area contributed by atoms with Gasteiger partial charge in [-0.3, -0.25) is 4.79 Å². The third-order valence-corrected chi connectivity index (χ3v) is 3.80. The van der Waals surface area contributed by atoms with E-state index in [1.807, 2.05) is 0 Å². The molecule has 1 N–H and O–H groups in total. The van der Waals surface area contributed by atoms with Crippen molar-refractivity contribution in [2.75, 3.05) is 7.11 Å². The lowest BCUT2D eigenvalue weighted by Crippen LogP contribution is -2.43. The highest BCUT2D eigenvalue weighted by atomic mass is 79.9. The largest absolute Gasteiger partial charge is 0.467 e. The number of carbonyl (C=O) groups excluding carboxylic acids is 2. The van der Waals surface area contributed by atoms with Crippen molar-refractivity contribution in [1.82, 2.24) is 5.32 Å². The van der Waals surface area contributed by atoms with Crippen LogP contribution in [-0.2, 0) is 16.0 Å².